The van der Waals surface area contributed by atoms with Crippen LogP contribution in [0.4, 0.5) is 5.13 Å². The third-order valence-electron chi connectivity index (χ3n) is 3.66. The van der Waals surface area contributed by atoms with Crippen molar-refractivity contribution < 1.29 is 9.53 Å². The molecule has 8 heteroatoms. The standard InChI is InChI=1S/C15H19N3O2S2.ClH/c1-2-10-4-6-13(22-10)11-8-21-15(17-11)18-14(19)12-5-3-9(7-16)20-12;/h4,6,8-9,12H,2-3,5,7,16H2,1H3,(H,17,18,19);1H/t9-,12+;/m1./s1. The molecule has 3 N–H and O–H groups in total. The van der Waals surface area contributed by atoms with Crippen LogP contribution in [0.25, 0.3) is 10.6 Å². The summed E-state index contributed by atoms with van der Waals surface area (Å²) >= 11 is 3.18. The summed E-state index contributed by atoms with van der Waals surface area (Å²) in [5.74, 6) is -0.128. The van der Waals surface area contributed by atoms with Crippen LogP contribution in [-0.2, 0) is 16.0 Å². The van der Waals surface area contributed by atoms with Crippen molar-refractivity contribution in [3.05, 3.63) is 22.4 Å². The molecule has 3 rings (SSSR count). The maximum absolute atomic E-state index is 12.2. The van der Waals surface area contributed by atoms with E-state index >= 15 is 0 Å². The zero-order valence-electron chi connectivity index (χ0n) is 12.8. The first kappa shape index (κ1) is 18.4. The molecule has 1 fully saturated rings. The second kappa shape index (κ2) is 8.21. The molecule has 0 unspecified atom stereocenters. The van der Waals surface area contributed by atoms with Gasteiger partial charge in [-0.15, -0.1) is 35.1 Å². The summed E-state index contributed by atoms with van der Waals surface area (Å²) in [6, 6.07) is 4.20. The van der Waals surface area contributed by atoms with Gasteiger partial charge in [0.05, 0.1) is 16.7 Å². The molecular formula is C15H20ClN3O2S2. The summed E-state index contributed by atoms with van der Waals surface area (Å²) < 4.78 is 5.60. The van der Waals surface area contributed by atoms with Gasteiger partial charge in [-0.25, -0.2) is 4.98 Å². The number of thiophene rings is 1. The zero-order valence-corrected chi connectivity index (χ0v) is 15.2. The molecule has 0 bridgehead atoms. The molecule has 23 heavy (non-hydrogen) atoms. The molecule has 3 heterocycles. The molecule has 2 atom stereocenters. The number of hydrogen-bond acceptors (Lipinski definition) is 6. The molecule has 2 aromatic rings. The molecule has 0 aliphatic carbocycles. The number of ether oxygens (including phenoxy) is 1. The number of halogens is 1. The molecule has 0 radical (unpaired) electrons. The Morgan fingerprint density at radius 1 is 1.48 bits per heavy atom. The second-order valence-electron chi connectivity index (χ2n) is 5.21. The smallest absolute Gasteiger partial charge is 0.255 e. The minimum atomic E-state index is -0.408. The fourth-order valence-corrected chi connectivity index (χ4v) is 4.10. The van der Waals surface area contributed by atoms with Crippen LogP contribution < -0.4 is 11.1 Å². The van der Waals surface area contributed by atoms with Crippen LogP contribution >= 0.6 is 35.1 Å². The number of aromatic nitrogens is 1. The largest absolute Gasteiger partial charge is 0.364 e. The average Bonchev–Trinajstić information content (AvgIpc) is 3.26. The van der Waals surface area contributed by atoms with E-state index in [9.17, 15) is 4.79 Å². The normalized spacial score (nSPS) is 20.3. The molecule has 0 saturated carbocycles. The number of carbonyl (C=O) groups is 1. The van der Waals surface area contributed by atoms with Gasteiger partial charge in [0.15, 0.2) is 5.13 Å². The van der Waals surface area contributed by atoms with Crippen LogP contribution in [0, 0.1) is 0 Å². The number of rotatable bonds is 5. The van der Waals surface area contributed by atoms with Gasteiger partial charge in [-0.05, 0) is 31.4 Å². The molecule has 1 aliphatic rings. The van der Waals surface area contributed by atoms with Crippen LogP contribution in [0.3, 0.4) is 0 Å². The van der Waals surface area contributed by atoms with Gasteiger partial charge in [-0.1, -0.05) is 6.92 Å². The van der Waals surface area contributed by atoms with Gasteiger partial charge < -0.3 is 10.5 Å². The summed E-state index contributed by atoms with van der Waals surface area (Å²) in [5, 5.41) is 5.43. The molecular weight excluding hydrogens is 354 g/mol. The number of nitrogens with two attached hydrogens (primary N) is 1. The van der Waals surface area contributed by atoms with Crippen molar-refractivity contribution in [2.45, 2.75) is 38.4 Å². The fourth-order valence-electron chi connectivity index (χ4n) is 2.41. The number of nitrogens with one attached hydrogen (secondary N) is 1. The lowest BCUT2D eigenvalue weighted by atomic mass is 10.2. The molecule has 1 saturated heterocycles. The van der Waals surface area contributed by atoms with Gasteiger partial charge in [0, 0.05) is 16.8 Å². The lowest BCUT2D eigenvalue weighted by Gasteiger charge is -2.11. The van der Waals surface area contributed by atoms with E-state index in [2.05, 4.69) is 29.4 Å². The highest BCUT2D eigenvalue weighted by Crippen LogP contribution is 2.31. The van der Waals surface area contributed by atoms with E-state index in [-0.39, 0.29) is 24.4 Å². The summed E-state index contributed by atoms with van der Waals surface area (Å²) in [4.78, 5) is 19.1. The van der Waals surface area contributed by atoms with Crippen molar-refractivity contribution in [2.75, 3.05) is 11.9 Å². The third kappa shape index (κ3) is 4.30. The Balaban J connectivity index is 0.00000192. The van der Waals surface area contributed by atoms with Crippen molar-refractivity contribution in [3.63, 3.8) is 0 Å². The Labute approximate surface area is 149 Å². The highest BCUT2D eigenvalue weighted by molar-refractivity contribution is 7.17. The monoisotopic (exact) mass is 373 g/mol. The lowest BCUT2D eigenvalue weighted by Crippen LogP contribution is -2.29. The second-order valence-corrected chi connectivity index (χ2v) is 7.23. The lowest BCUT2D eigenvalue weighted by molar-refractivity contribution is -0.126. The van der Waals surface area contributed by atoms with Crippen molar-refractivity contribution >= 4 is 46.1 Å². The minimum absolute atomic E-state index is 0. The SMILES string of the molecule is CCc1ccc(-c2csc(NC(=O)[C@@H]3CC[C@H](CN)O3)n2)s1.Cl. The Kier molecular flexibility index (Phi) is 6.55. The maximum Gasteiger partial charge on any atom is 0.255 e. The van der Waals surface area contributed by atoms with E-state index in [4.69, 9.17) is 10.5 Å². The number of nitrogens with zero attached hydrogens (tertiary/aromatic N) is 1. The summed E-state index contributed by atoms with van der Waals surface area (Å²) in [7, 11) is 0. The van der Waals surface area contributed by atoms with Crippen LogP contribution in [0.5, 0.6) is 0 Å². The molecule has 126 valence electrons. The maximum atomic E-state index is 12.2. The van der Waals surface area contributed by atoms with Crippen molar-refractivity contribution in [3.8, 4) is 10.6 Å². The molecule has 2 aromatic heterocycles. The quantitative estimate of drug-likeness (QED) is 0.842. The highest BCUT2D eigenvalue weighted by Gasteiger charge is 2.30. The van der Waals surface area contributed by atoms with Gasteiger partial charge in [-0.3, -0.25) is 10.1 Å². The van der Waals surface area contributed by atoms with E-state index in [1.165, 1.54) is 16.2 Å². The number of aryl methyl sites for hydroxylation is 1. The first-order valence-corrected chi connectivity index (χ1v) is 9.10. The van der Waals surface area contributed by atoms with Crippen LogP contribution in [0.2, 0.25) is 0 Å². The fraction of sp³-hybridized carbons (Fsp3) is 0.467. The van der Waals surface area contributed by atoms with E-state index in [1.54, 1.807) is 11.3 Å². The van der Waals surface area contributed by atoms with Crippen molar-refractivity contribution in [2.24, 2.45) is 5.73 Å². The van der Waals surface area contributed by atoms with Crippen molar-refractivity contribution in [1.29, 1.82) is 0 Å². The van der Waals surface area contributed by atoms with Gasteiger partial charge in [0.2, 0.25) is 0 Å². The van der Waals surface area contributed by atoms with E-state index in [0.29, 0.717) is 11.7 Å². The Morgan fingerprint density at radius 2 is 2.30 bits per heavy atom. The molecule has 1 amide bonds. The minimum Gasteiger partial charge on any atom is -0.364 e. The van der Waals surface area contributed by atoms with Gasteiger partial charge in [0.25, 0.3) is 5.91 Å². The van der Waals surface area contributed by atoms with Crippen LogP contribution in [0.1, 0.15) is 24.6 Å². The Hall–Kier alpha value is -0.990. The van der Waals surface area contributed by atoms with Crippen molar-refractivity contribution in [1.82, 2.24) is 4.98 Å². The predicted octanol–water partition coefficient (Wildman–Crippen LogP) is 3.30. The Morgan fingerprint density at radius 3 is 2.96 bits per heavy atom. The number of anilines is 1. The number of thiazole rings is 1. The summed E-state index contributed by atoms with van der Waals surface area (Å²) in [6.45, 7) is 2.60. The zero-order chi connectivity index (χ0) is 15.5. The third-order valence-corrected chi connectivity index (χ3v) is 5.67. The van der Waals surface area contributed by atoms with Gasteiger partial charge in [0.1, 0.15) is 6.10 Å². The van der Waals surface area contributed by atoms with E-state index in [1.807, 2.05) is 5.38 Å². The summed E-state index contributed by atoms with van der Waals surface area (Å²) in [5.41, 5.74) is 6.48. The first-order chi connectivity index (χ1) is 10.7. The molecule has 5 nitrogen and oxygen atoms in total. The Bertz CT molecular complexity index is 659. The van der Waals surface area contributed by atoms with Gasteiger partial charge >= 0.3 is 0 Å². The molecule has 0 aromatic carbocycles. The molecule has 0 spiro atoms. The summed E-state index contributed by atoms with van der Waals surface area (Å²) in [6.07, 6.45) is 2.18. The van der Waals surface area contributed by atoms with Crippen LogP contribution in [-0.4, -0.2) is 29.6 Å². The number of hydrogen-bond donors (Lipinski definition) is 2. The highest BCUT2D eigenvalue weighted by atomic mass is 35.5. The molecule has 1 aliphatic heterocycles. The van der Waals surface area contributed by atoms with Gasteiger partial charge in [-0.2, -0.15) is 0 Å². The first-order valence-electron chi connectivity index (χ1n) is 7.40. The van der Waals surface area contributed by atoms with E-state index < -0.39 is 6.10 Å². The predicted molar refractivity (Wildman–Crippen MR) is 97.6 cm³/mol. The number of carbonyl (C=O) groups excluding carboxylic acids is 1. The van der Waals surface area contributed by atoms with Crippen LogP contribution in [0.15, 0.2) is 17.5 Å². The average molecular weight is 374 g/mol. The van der Waals surface area contributed by atoms with E-state index in [0.717, 1.165) is 29.8 Å². The number of amides is 1. The topological polar surface area (TPSA) is 77.2 Å².